The normalized spacial score (nSPS) is 14.6. The number of fused-ring (bicyclic) bond motifs is 1. The van der Waals surface area contributed by atoms with E-state index in [1.54, 1.807) is 6.20 Å². The van der Waals surface area contributed by atoms with E-state index in [-0.39, 0.29) is 23.3 Å². The molecule has 5 heterocycles. The molecule has 3 N–H and O–H groups in total. The molecule has 12 nitrogen and oxygen atoms in total. The number of nitrogens with zero attached hydrogens (tertiary/aromatic N) is 9. The van der Waals surface area contributed by atoms with Crippen molar-refractivity contribution in [1.29, 1.82) is 0 Å². The van der Waals surface area contributed by atoms with Crippen molar-refractivity contribution in [3.05, 3.63) is 67.1 Å². The molecule has 0 amide bonds. The fraction of sp³-hybridized carbons (Fsp3) is 0.250. The molecule has 0 aliphatic carbocycles. The van der Waals surface area contributed by atoms with E-state index in [4.69, 9.17) is 0 Å². The lowest BCUT2D eigenvalue weighted by Gasteiger charge is -2.29. The Morgan fingerprint density at radius 1 is 0.923 bits per heavy atom. The summed E-state index contributed by atoms with van der Waals surface area (Å²) in [4.78, 5) is 23.4. The number of aliphatic hydroxyl groups is 1. The van der Waals surface area contributed by atoms with E-state index in [1.807, 2.05) is 33.8 Å². The van der Waals surface area contributed by atoms with Crippen molar-refractivity contribution in [2.45, 2.75) is 25.1 Å². The topological polar surface area (TPSA) is 134 Å². The molecule has 0 radical (unpaired) electrons. The van der Waals surface area contributed by atoms with Crippen molar-refractivity contribution < 1.29 is 18.3 Å². The monoisotopic (exact) mass is 537 g/mol. The summed E-state index contributed by atoms with van der Waals surface area (Å²) >= 11 is 0. The highest BCUT2D eigenvalue weighted by molar-refractivity contribution is 5.64. The van der Waals surface area contributed by atoms with Gasteiger partial charge in [-0.2, -0.15) is 33.2 Å². The van der Waals surface area contributed by atoms with Gasteiger partial charge in [-0.3, -0.25) is 0 Å². The molecular formula is C24H22F3N11O. The molecule has 0 spiro atoms. The first-order valence-electron chi connectivity index (χ1n) is 12.0. The van der Waals surface area contributed by atoms with Gasteiger partial charge in [-0.15, -0.1) is 0 Å². The molecule has 0 unspecified atom stereocenters. The van der Waals surface area contributed by atoms with Crippen LogP contribution in [0.1, 0.15) is 18.4 Å². The Bertz CT molecular complexity index is 1590. The van der Waals surface area contributed by atoms with Crippen LogP contribution in [0.5, 0.6) is 0 Å². The van der Waals surface area contributed by atoms with Crippen LogP contribution >= 0.6 is 0 Å². The highest BCUT2D eigenvalue weighted by atomic mass is 19.4. The van der Waals surface area contributed by atoms with Gasteiger partial charge in [-0.1, -0.05) is 0 Å². The summed E-state index contributed by atoms with van der Waals surface area (Å²) in [6.45, 7) is 1.04. The predicted octanol–water partition coefficient (Wildman–Crippen LogP) is 3.57. The van der Waals surface area contributed by atoms with Crippen molar-refractivity contribution in [1.82, 2.24) is 39.1 Å². The van der Waals surface area contributed by atoms with Gasteiger partial charge in [0.15, 0.2) is 0 Å². The van der Waals surface area contributed by atoms with Crippen LogP contribution in [-0.4, -0.2) is 63.4 Å². The molecule has 1 aliphatic rings. The van der Waals surface area contributed by atoms with E-state index < -0.39 is 17.8 Å². The van der Waals surface area contributed by atoms with Crippen LogP contribution in [0.15, 0.2) is 61.6 Å². The predicted molar refractivity (Wildman–Crippen MR) is 135 cm³/mol. The maximum atomic E-state index is 13.7. The van der Waals surface area contributed by atoms with E-state index in [0.29, 0.717) is 43.2 Å². The van der Waals surface area contributed by atoms with Gasteiger partial charge in [0.2, 0.25) is 17.8 Å². The summed E-state index contributed by atoms with van der Waals surface area (Å²) in [5.41, 5.74) is 0.770. The van der Waals surface area contributed by atoms with Crippen LogP contribution < -0.4 is 15.5 Å². The molecule has 4 aromatic heterocycles. The summed E-state index contributed by atoms with van der Waals surface area (Å²) in [5.74, 6) is 0.555. The second-order valence-electron chi connectivity index (χ2n) is 8.97. The molecule has 1 fully saturated rings. The lowest BCUT2D eigenvalue weighted by molar-refractivity contribution is -0.137. The van der Waals surface area contributed by atoms with Crippen LogP contribution in [-0.2, 0) is 6.18 Å². The number of alkyl halides is 3. The highest BCUT2D eigenvalue weighted by Gasteiger charge is 2.31. The first kappa shape index (κ1) is 24.5. The zero-order chi connectivity index (χ0) is 27.0. The number of piperidine rings is 1. The minimum atomic E-state index is -4.59. The number of nitrogens with one attached hydrogen (secondary N) is 2. The Balaban J connectivity index is 1.37. The number of rotatable bonds is 6. The van der Waals surface area contributed by atoms with E-state index >= 15 is 0 Å². The van der Waals surface area contributed by atoms with Crippen LogP contribution in [0, 0.1) is 0 Å². The summed E-state index contributed by atoms with van der Waals surface area (Å²) in [5, 5.41) is 19.9. The second kappa shape index (κ2) is 9.83. The molecule has 0 bridgehead atoms. The number of aromatic nitrogens is 8. The smallest absolute Gasteiger partial charge is 0.393 e. The Kier molecular flexibility index (Phi) is 6.18. The first-order valence-corrected chi connectivity index (χ1v) is 12.0. The molecule has 1 saturated heterocycles. The maximum absolute atomic E-state index is 13.7. The quantitative estimate of drug-likeness (QED) is 0.295. The zero-order valence-electron chi connectivity index (χ0n) is 20.3. The minimum absolute atomic E-state index is 0.0411. The van der Waals surface area contributed by atoms with Crippen LogP contribution in [0.3, 0.4) is 0 Å². The number of pyridine rings is 1. The van der Waals surface area contributed by atoms with Gasteiger partial charge in [-0.25, -0.2) is 14.6 Å². The molecule has 39 heavy (non-hydrogen) atoms. The Morgan fingerprint density at radius 2 is 1.69 bits per heavy atom. The van der Waals surface area contributed by atoms with Crippen molar-refractivity contribution in [3.8, 4) is 5.69 Å². The minimum Gasteiger partial charge on any atom is -0.393 e. The van der Waals surface area contributed by atoms with Crippen molar-refractivity contribution in [2.24, 2.45) is 0 Å². The van der Waals surface area contributed by atoms with Crippen LogP contribution in [0.25, 0.3) is 11.3 Å². The van der Waals surface area contributed by atoms with E-state index in [9.17, 15) is 18.3 Å². The third kappa shape index (κ3) is 5.43. The molecule has 6 rings (SSSR count). The SMILES string of the molecule is OC1CCN(c2nc(Nc3cc(-n4cncn4)cc(C(F)(F)F)c3)nc(Nc3ccn4ccnc4c3)n2)CC1. The van der Waals surface area contributed by atoms with E-state index in [0.717, 1.165) is 12.1 Å². The Labute approximate surface area is 219 Å². The van der Waals surface area contributed by atoms with Crippen LogP contribution in [0.4, 0.5) is 42.4 Å². The fourth-order valence-electron chi connectivity index (χ4n) is 4.25. The van der Waals surface area contributed by atoms with Gasteiger partial charge < -0.3 is 25.0 Å². The molecule has 1 aliphatic heterocycles. The van der Waals surface area contributed by atoms with Gasteiger partial charge in [0.25, 0.3) is 0 Å². The van der Waals surface area contributed by atoms with Gasteiger partial charge in [0.05, 0.1) is 17.4 Å². The van der Waals surface area contributed by atoms with Crippen LogP contribution in [0.2, 0.25) is 0 Å². The zero-order valence-corrected chi connectivity index (χ0v) is 20.3. The first-order chi connectivity index (χ1) is 18.8. The molecule has 1 aromatic carbocycles. The lowest BCUT2D eigenvalue weighted by atomic mass is 10.1. The molecule has 200 valence electrons. The average molecular weight is 538 g/mol. The number of hydrogen-bond donors (Lipinski definition) is 3. The summed E-state index contributed by atoms with van der Waals surface area (Å²) in [6.07, 6.45) is 3.95. The van der Waals surface area contributed by atoms with Gasteiger partial charge in [0, 0.05) is 49.1 Å². The standard InChI is InChI=1S/C24H22F3N11O/c25-24(26,27)15-9-17(11-18(10-15)38-14-28-13-30-38)32-22-33-21(31-16-1-5-36-8-4-29-20(36)12-16)34-23(35-22)37-6-2-19(39)3-7-37/h1,4-5,8-14,19,39H,2-3,6-7H2,(H2,31,32,33,34,35). The van der Waals surface area contributed by atoms with Crippen molar-refractivity contribution in [2.75, 3.05) is 28.6 Å². The second-order valence-corrected chi connectivity index (χ2v) is 8.97. The number of anilines is 5. The Morgan fingerprint density at radius 3 is 2.41 bits per heavy atom. The highest BCUT2D eigenvalue weighted by Crippen LogP contribution is 2.33. The lowest BCUT2D eigenvalue weighted by Crippen LogP contribution is -2.37. The van der Waals surface area contributed by atoms with E-state index in [1.165, 1.54) is 23.4 Å². The maximum Gasteiger partial charge on any atom is 0.416 e. The largest absolute Gasteiger partial charge is 0.416 e. The molecular weight excluding hydrogens is 515 g/mol. The number of aliphatic hydroxyl groups excluding tert-OH is 1. The third-order valence-electron chi connectivity index (χ3n) is 6.21. The average Bonchev–Trinajstić information content (AvgIpc) is 3.61. The Hall–Kier alpha value is -4.79. The fourth-order valence-corrected chi connectivity index (χ4v) is 4.25. The number of hydrogen-bond acceptors (Lipinski definition) is 10. The van der Waals surface area contributed by atoms with Crippen molar-refractivity contribution >= 4 is 34.9 Å². The number of halogens is 3. The molecule has 0 atom stereocenters. The molecule has 15 heteroatoms. The summed E-state index contributed by atoms with van der Waals surface area (Å²) < 4.78 is 44.2. The third-order valence-corrected chi connectivity index (χ3v) is 6.21. The number of imidazole rings is 1. The van der Waals surface area contributed by atoms with Gasteiger partial charge >= 0.3 is 6.18 Å². The summed E-state index contributed by atoms with van der Waals surface area (Å²) in [6, 6.07) is 7.08. The summed E-state index contributed by atoms with van der Waals surface area (Å²) in [7, 11) is 0. The number of benzene rings is 1. The van der Waals surface area contributed by atoms with E-state index in [2.05, 4.69) is 40.7 Å². The van der Waals surface area contributed by atoms with Gasteiger partial charge in [0.1, 0.15) is 18.3 Å². The van der Waals surface area contributed by atoms with Gasteiger partial charge in [-0.05, 0) is 37.1 Å². The molecule has 0 saturated carbocycles. The molecule has 5 aromatic rings. The van der Waals surface area contributed by atoms with Crippen molar-refractivity contribution in [3.63, 3.8) is 0 Å².